The van der Waals surface area contributed by atoms with Crippen LogP contribution >= 0.6 is 23.4 Å². The molecule has 0 aliphatic carbocycles. The Kier molecular flexibility index (Phi) is 8.10. The molecule has 1 amide bonds. The van der Waals surface area contributed by atoms with Crippen LogP contribution in [0.4, 0.5) is 0 Å². The number of ether oxygens (including phenoxy) is 1. The molecular formula is C13H16ClNO4S. The molecular weight excluding hydrogens is 302 g/mol. The molecule has 0 aromatic heterocycles. The van der Waals surface area contributed by atoms with Crippen LogP contribution in [0.2, 0.25) is 5.02 Å². The molecule has 0 unspecified atom stereocenters. The third kappa shape index (κ3) is 8.04. The quantitative estimate of drug-likeness (QED) is 0.679. The van der Waals surface area contributed by atoms with Crippen molar-refractivity contribution in [2.75, 3.05) is 25.5 Å². The van der Waals surface area contributed by atoms with Crippen LogP contribution in [0.5, 0.6) is 0 Å². The normalized spacial score (nSPS) is 10.2. The summed E-state index contributed by atoms with van der Waals surface area (Å²) >= 11 is 7.35. The Balaban J connectivity index is 2.07. The largest absolute Gasteiger partial charge is 0.480 e. The predicted octanol–water partition coefficient (Wildman–Crippen LogP) is 1.79. The highest BCUT2D eigenvalue weighted by atomic mass is 35.5. The van der Waals surface area contributed by atoms with Gasteiger partial charge in [0, 0.05) is 17.3 Å². The maximum Gasteiger partial charge on any atom is 0.329 e. The zero-order valence-corrected chi connectivity index (χ0v) is 12.4. The standard InChI is InChI=1S/C13H16ClNO4S/c14-11-3-1-2-10(6-11)8-20-9-12(16)15-4-5-19-7-13(17)18/h1-3,6H,4-5,7-9H2,(H,15,16)(H,17,18). The maximum atomic E-state index is 11.5. The first-order valence-electron chi connectivity index (χ1n) is 5.96. The van der Waals surface area contributed by atoms with Gasteiger partial charge in [-0.3, -0.25) is 4.79 Å². The van der Waals surface area contributed by atoms with Crippen molar-refractivity contribution in [3.05, 3.63) is 34.9 Å². The van der Waals surface area contributed by atoms with Crippen molar-refractivity contribution in [1.82, 2.24) is 5.32 Å². The summed E-state index contributed by atoms with van der Waals surface area (Å²) in [5.41, 5.74) is 1.07. The SMILES string of the molecule is O=C(O)COCCNC(=O)CSCc1cccc(Cl)c1. The van der Waals surface area contributed by atoms with Gasteiger partial charge >= 0.3 is 5.97 Å². The van der Waals surface area contributed by atoms with Crippen LogP contribution < -0.4 is 5.32 Å². The highest BCUT2D eigenvalue weighted by Crippen LogP contribution is 2.16. The molecule has 5 nitrogen and oxygen atoms in total. The monoisotopic (exact) mass is 317 g/mol. The smallest absolute Gasteiger partial charge is 0.329 e. The molecule has 0 heterocycles. The zero-order chi connectivity index (χ0) is 14.8. The number of halogens is 1. The zero-order valence-electron chi connectivity index (χ0n) is 10.8. The fourth-order valence-electron chi connectivity index (χ4n) is 1.36. The fraction of sp³-hybridized carbons (Fsp3) is 0.385. The second kappa shape index (κ2) is 9.63. The van der Waals surface area contributed by atoms with Crippen LogP contribution in [0.3, 0.4) is 0 Å². The first-order chi connectivity index (χ1) is 9.58. The van der Waals surface area contributed by atoms with Gasteiger partial charge in [-0.15, -0.1) is 11.8 Å². The first-order valence-corrected chi connectivity index (χ1v) is 7.49. The van der Waals surface area contributed by atoms with E-state index in [0.29, 0.717) is 23.1 Å². The molecule has 0 aliphatic rings. The molecule has 0 aliphatic heterocycles. The van der Waals surface area contributed by atoms with Gasteiger partial charge in [0.1, 0.15) is 6.61 Å². The average molecular weight is 318 g/mol. The van der Waals surface area contributed by atoms with E-state index in [1.165, 1.54) is 11.8 Å². The van der Waals surface area contributed by atoms with E-state index in [9.17, 15) is 9.59 Å². The molecule has 1 aromatic rings. The summed E-state index contributed by atoms with van der Waals surface area (Å²) in [6, 6.07) is 7.50. The fourth-order valence-corrected chi connectivity index (χ4v) is 2.38. The van der Waals surface area contributed by atoms with E-state index < -0.39 is 5.97 Å². The molecule has 0 atom stereocenters. The lowest BCUT2D eigenvalue weighted by Gasteiger charge is -2.05. The summed E-state index contributed by atoms with van der Waals surface area (Å²) in [7, 11) is 0. The Morgan fingerprint density at radius 2 is 2.20 bits per heavy atom. The number of carbonyl (C=O) groups is 2. The van der Waals surface area contributed by atoms with Gasteiger partial charge in [-0.25, -0.2) is 4.79 Å². The van der Waals surface area contributed by atoms with Gasteiger partial charge in [0.15, 0.2) is 0 Å². The second-order valence-electron chi connectivity index (χ2n) is 3.92. The van der Waals surface area contributed by atoms with Crippen molar-refractivity contribution in [3.8, 4) is 0 Å². The Hall–Kier alpha value is -1.24. The van der Waals surface area contributed by atoms with Crippen molar-refractivity contribution in [1.29, 1.82) is 0 Å². The summed E-state index contributed by atoms with van der Waals surface area (Å²) in [6.45, 7) is 0.153. The molecule has 0 fully saturated rings. The summed E-state index contributed by atoms with van der Waals surface area (Å²) in [4.78, 5) is 21.6. The van der Waals surface area contributed by atoms with Crippen LogP contribution in [0, 0.1) is 0 Å². The van der Waals surface area contributed by atoms with E-state index in [1.54, 1.807) is 6.07 Å². The number of carboxylic acid groups (broad SMARTS) is 1. The third-order valence-corrected chi connectivity index (χ3v) is 3.42. The van der Waals surface area contributed by atoms with Crippen molar-refractivity contribution in [2.45, 2.75) is 5.75 Å². The summed E-state index contributed by atoms with van der Waals surface area (Å²) in [6.07, 6.45) is 0. The lowest BCUT2D eigenvalue weighted by Crippen LogP contribution is -2.29. The van der Waals surface area contributed by atoms with Crippen molar-refractivity contribution in [3.63, 3.8) is 0 Å². The van der Waals surface area contributed by atoms with E-state index in [0.717, 1.165) is 5.56 Å². The van der Waals surface area contributed by atoms with Crippen molar-refractivity contribution >= 4 is 35.2 Å². The van der Waals surface area contributed by atoms with E-state index in [2.05, 4.69) is 5.32 Å². The lowest BCUT2D eigenvalue weighted by atomic mass is 10.2. The molecule has 1 aromatic carbocycles. The van der Waals surface area contributed by atoms with E-state index in [1.807, 2.05) is 18.2 Å². The van der Waals surface area contributed by atoms with Gasteiger partial charge in [-0.2, -0.15) is 0 Å². The van der Waals surface area contributed by atoms with Crippen LogP contribution in [0.15, 0.2) is 24.3 Å². The number of amides is 1. The Labute approximate surface area is 126 Å². The number of hydrogen-bond acceptors (Lipinski definition) is 4. The topological polar surface area (TPSA) is 75.6 Å². The molecule has 0 bridgehead atoms. The first kappa shape index (κ1) is 16.8. The van der Waals surface area contributed by atoms with Gasteiger partial charge in [0.2, 0.25) is 5.91 Å². The van der Waals surface area contributed by atoms with Crippen LogP contribution in [0.1, 0.15) is 5.56 Å². The Morgan fingerprint density at radius 3 is 2.90 bits per heavy atom. The Bertz CT molecular complexity index is 456. The molecule has 0 saturated heterocycles. The molecule has 2 N–H and O–H groups in total. The van der Waals surface area contributed by atoms with E-state index in [-0.39, 0.29) is 19.1 Å². The molecule has 0 saturated carbocycles. The third-order valence-electron chi connectivity index (χ3n) is 2.19. The predicted molar refractivity (Wildman–Crippen MR) is 79.1 cm³/mol. The Morgan fingerprint density at radius 1 is 1.40 bits per heavy atom. The minimum atomic E-state index is -1.02. The number of carbonyl (C=O) groups excluding carboxylic acids is 1. The molecule has 1 rings (SSSR count). The van der Waals surface area contributed by atoms with Gasteiger partial charge in [-0.05, 0) is 17.7 Å². The number of rotatable bonds is 9. The summed E-state index contributed by atoms with van der Waals surface area (Å²) in [5.74, 6) is -0.0704. The minimum Gasteiger partial charge on any atom is -0.480 e. The summed E-state index contributed by atoms with van der Waals surface area (Å²) < 4.78 is 4.80. The van der Waals surface area contributed by atoms with Crippen LogP contribution in [-0.4, -0.2) is 42.5 Å². The van der Waals surface area contributed by atoms with Gasteiger partial charge in [0.05, 0.1) is 12.4 Å². The van der Waals surface area contributed by atoms with Crippen molar-refractivity contribution in [2.24, 2.45) is 0 Å². The number of hydrogen-bond donors (Lipinski definition) is 2. The van der Waals surface area contributed by atoms with Crippen molar-refractivity contribution < 1.29 is 19.4 Å². The molecule has 7 heteroatoms. The number of nitrogens with one attached hydrogen (secondary N) is 1. The average Bonchev–Trinajstić information content (AvgIpc) is 2.38. The molecule has 110 valence electrons. The summed E-state index contributed by atoms with van der Waals surface area (Å²) in [5, 5.41) is 11.7. The number of thioether (sulfide) groups is 1. The molecule has 0 radical (unpaired) electrons. The van der Waals surface area contributed by atoms with E-state index in [4.69, 9.17) is 21.4 Å². The number of aliphatic carboxylic acids is 1. The molecule has 0 spiro atoms. The number of carboxylic acids is 1. The maximum absolute atomic E-state index is 11.5. The van der Waals surface area contributed by atoms with Crippen LogP contribution in [0.25, 0.3) is 0 Å². The van der Waals surface area contributed by atoms with E-state index >= 15 is 0 Å². The second-order valence-corrected chi connectivity index (χ2v) is 5.34. The molecule has 20 heavy (non-hydrogen) atoms. The number of benzene rings is 1. The highest BCUT2D eigenvalue weighted by molar-refractivity contribution is 7.99. The van der Waals surface area contributed by atoms with Gasteiger partial charge in [-0.1, -0.05) is 23.7 Å². The minimum absolute atomic E-state index is 0.101. The highest BCUT2D eigenvalue weighted by Gasteiger charge is 2.02. The lowest BCUT2D eigenvalue weighted by molar-refractivity contribution is -0.142. The van der Waals surface area contributed by atoms with Gasteiger partial charge < -0.3 is 15.2 Å². The van der Waals surface area contributed by atoms with Crippen LogP contribution in [-0.2, 0) is 20.1 Å². The van der Waals surface area contributed by atoms with Gasteiger partial charge in [0.25, 0.3) is 0 Å².